The molecule has 0 amide bonds. The Morgan fingerprint density at radius 3 is 1.64 bits per heavy atom. The molecule has 3 aliphatic rings. The highest BCUT2D eigenvalue weighted by Gasteiger charge is 2.34. The molecule has 3 aromatic heterocycles. The van der Waals surface area contributed by atoms with Crippen molar-refractivity contribution in [2.24, 2.45) is 17.8 Å². The second-order valence-electron chi connectivity index (χ2n) is 17.3. The van der Waals surface area contributed by atoms with E-state index in [9.17, 15) is 5.11 Å². The second kappa shape index (κ2) is 17.9. The van der Waals surface area contributed by atoms with Crippen molar-refractivity contribution >= 4 is 46.4 Å². The van der Waals surface area contributed by atoms with Gasteiger partial charge in [0, 0.05) is 27.6 Å². The van der Waals surface area contributed by atoms with E-state index >= 15 is 0 Å². The van der Waals surface area contributed by atoms with Gasteiger partial charge in [0.2, 0.25) is 0 Å². The van der Waals surface area contributed by atoms with Crippen LogP contribution in [0.2, 0.25) is 0 Å². The number of aromatic hydroxyl groups is 1. The quantitative estimate of drug-likeness (QED) is 0.117. The van der Waals surface area contributed by atoms with Crippen molar-refractivity contribution in [1.29, 1.82) is 0 Å². The lowest BCUT2D eigenvalue weighted by molar-refractivity contribution is 0.0512. The number of ether oxygens (including phenoxy) is 1. The number of hydrogen-bond donors (Lipinski definition) is 3. The fourth-order valence-electron chi connectivity index (χ4n) is 8.22. The van der Waals surface area contributed by atoms with Crippen molar-refractivity contribution in [3.05, 3.63) is 93.6 Å². The fraction of sp³-hybridized carbons (Fsp3) is 0.469. The molecule has 3 atom stereocenters. The van der Waals surface area contributed by atoms with E-state index in [0.29, 0.717) is 5.75 Å². The summed E-state index contributed by atoms with van der Waals surface area (Å²) in [6.07, 6.45) is 22.1. The molecule has 6 nitrogen and oxygen atoms in total. The van der Waals surface area contributed by atoms with Gasteiger partial charge in [0.25, 0.3) is 0 Å². The van der Waals surface area contributed by atoms with Gasteiger partial charge in [-0.2, -0.15) is 0 Å². The average molecular weight is 741 g/mol. The van der Waals surface area contributed by atoms with Gasteiger partial charge in [-0.1, -0.05) is 72.6 Å². The predicted octanol–water partition coefficient (Wildman–Crippen LogP) is 13.5. The van der Waals surface area contributed by atoms with Crippen molar-refractivity contribution in [3.8, 4) is 11.5 Å². The Balaban J connectivity index is 0.000000192. The van der Waals surface area contributed by atoms with Gasteiger partial charge in [-0.15, -0.1) is 0 Å². The van der Waals surface area contributed by atoms with Gasteiger partial charge in [0.15, 0.2) is 0 Å². The van der Waals surface area contributed by atoms with Crippen LogP contribution in [0.1, 0.15) is 144 Å². The monoisotopic (exact) mass is 741 g/mol. The number of fused-ring (bicyclic) bond motifs is 9. The summed E-state index contributed by atoms with van der Waals surface area (Å²) in [6, 6.07) is 16.4. The van der Waals surface area contributed by atoms with Crippen molar-refractivity contribution < 1.29 is 9.84 Å². The summed E-state index contributed by atoms with van der Waals surface area (Å²) in [7, 11) is 0. The van der Waals surface area contributed by atoms with Gasteiger partial charge >= 0.3 is 0 Å². The van der Waals surface area contributed by atoms with Gasteiger partial charge < -0.3 is 19.8 Å². The van der Waals surface area contributed by atoms with Crippen LogP contribution in [0.5, 0.6) is 11.5 Å². The molecule has 4 aromatic rings. The number of aromatic amines is 2. The fourth-order valence-corrected chi connectivity index (χ4v) is 8.22. The van der Waals surface area contributed by atoms with E-state index in [0.717, 1.165) is 104 Å². The lowest BCUT2D eigenvalue weighted by Crippen LogP contribution is -2.37. The third-order valence-electron chi connectivity index (χ3n) is 11.9. The molecule has 3 aliphatic heterocycles. The molecule has 0 radical (unpaired) electrons. The minimum absolute atomic E-state index is 0.0712. The highest BCUT2D eigenvalue weighted by molar-refractivity contribution is 5.77. The number of aromatic nitrogens is 4. The Kier molecular flexibility index (Phi) is 13.1. The Hall–Kier alpha value is -4.58. The summed E-state index contributed by atoms with van der Waals surface area (Å²) in [4.78, 5) is 16.0. The summed E-state index contributed by atoms with van der Waals surface area (Å²) < 4.78 is 6.60. The zero-order valence-corrected chi connectivity index (χ0v) is 34.7. The van der Waals surface area contributed by atoms with E-state index in [1.807, 2.05) is 56.4 Å². The highest BCUT2D eigenvalue weighted by Crippen LogP contribution is 2.44. The number of benzene rings is 1. The molecule has 0 fully saturated rings. The minimum Gasteiger partial charge on any atom is -0.507 e. The summed E-state index contributed by atoms with van der Waals surface area (Å²) in [5.41, 5.74) is 12.1. The molecular weight excluding hydrogens is 677 g/mol. The van der Waals surface area contributed by atoms with Crippen LogP contribution < -0.4 is 4.74 Å². The molecule has 8 bridgehead atoms. The van der Waals surface area contributed by atoms with E-state index in [1.165, 1.54) is 56.9 Å². The van der Waals surface area contributed by atoms with Crippen molar-refractivity contribution in [3.63, 3.8) is 0 Å². The Bertz CT molecular complexity index is 2080. The van der Waals surface area contributed by atoms with Crippen LogP contribution in [0.15, 0.2) is 48.5 Å². The molecule has 6 heterocycles. The summed E-state index contributed by atoms with van der Waals surface area (Å²) in [6.45, 7) is 17.9. The Labute approximate surface area is 329 Å². The third-order valence-corrected chi connectivity index (χ3v) is 11.9. The van der Waals surface area contributed by atoms with E-state index in [2.05, 4.69) is 91.8 Å². The highest BCUT2D eigenvalue weighted by atomic mass is 16.5. The van der Waals surface area contributed by atoms with Crippen LogP contribution in [-0.4, -0.2) is 30.6 Å². The average Bonchev–Trinajstić information content (AvgIpc) is 3.97. The van der Waals surface area contributed by atoms with E-state index in [4.69, 9.17) is 4.74 Å². The number of H-pyrrole nitrogens is 2. The van der Waals surface area contributed by atoms with E-state index < -0.39 is 0 Å². The Morgan fingerprint density at radius 2 is 1.11 bits per heavy atom. The van der Waals surface area contributed by atoms with Gasteiger partial charge in [-0.3, -0.25) is 0 Å². The molecule has 1 aromatic carbocycles. The molecule has 55 heavy (non-hydrogen) atoms. The largest absolute Gasteiger partial charge is 0.507 e. The molecule has 7 rings (SSSR count). The molecular formula is C49H64N4O2. The first-order chi connectivity index (χ1) is 26.3. The first-order valence-corrected chi connectivity index (χ1v) is 20.9. The summed E-state index contributed by atoms with van der Waals surface area (Å²) in [5.74, 6) is 4.04. The number of phenolic OH excluding ortho intramolecular Hbond substituents is 1. The zero-order valence-electron chi connectivity index (χ0n) is 34.7. The van der Waals surface area contributed by atoms with Gasteiger partial charge in [0.05, 0.1) is 22.8 Å². The maximum absolute atomic E-state index is 10.4. The molecule has 292 valence electrons. The van der Waals surface area contributed by atoms with Crippen molar-refractivity contribution in [2.45, 2.75) is 132 Å². The molecule has 3 N–H and O–H groups in total. The zero-order chi connectivity index (χ0) is 39.1. The van der Waals surface area contributed by atoms with Gasteiger partial charge in [-0.05, 0) is 161 Å². The molecule has 1 unspecified atom stereocenters. The number of phenols is 1. The number of rotatable bonds is 12. The number of hydrogen-bond acceptors (Lipinski definition) is 4. The SMILES string of the molecule is C1=Cc2cc3ccc(cc4ccc(cc5nc(cc1n2)C=C5)[nH]4)[nH]3.Cc1c(C)c2c(c(C)c1O)CC[C@](C)(CCCC(C)CCC[C@@H](C)CCCC(C)C)O2. The maximum Gasteiger partial charge on any atom is 0.127 e. The molecule has 0 aliphatic carbocycles. The minimum atomic E-state index is -0.0712. The van der Waals surface area contributed by atoms with Gasteiger partial charge in [0.1, 0.15) is 17.1 Å². The predicted molar refractivity (Wildman–Crippen MR) is 233 cm³/mol. The third kappa shape index (κ3) is 10.8. The van der Waals surface area contributed by atoms with E-state index in [-0.39, 0.29) is 5.60 Å². The lowest BCUT2D eigenvalue weighted by atomic mass is 9.84. The van der Waals surface area contributed by atoms with Crippen LogP contribution in [-0.2, 0) is 6.42 Å². The van der Waals surface area contributed by atoms with Gasteiger partial charge in [-0.25, -0.2) is 9.97 Å². The lowest BCUT2D eigenvalue weighted by Gasteiger charge is -2.38. The van der Waals surface area contributed by atoms with Crippen LogP contribution in [0.3, 0.4) is 0 Å². The van der Waals surface area contributed by atoms with Crippen LogP contribution in [0.25, 0.3) is 46.4 Å². The summed E-state index contributed by atoms with van der Waals surface area (Å²) in [5, 5.41) is 10.4. The molecule has 0 spiro atoms. The van der Waals surface area contributed by atoms with Crippen LogP contribution >= 0.6 is 0 Å². The molecule has 0 saturated carbocycles. The van der Waals surface area contributed by atoms with Crippen LogP contribution in [0.4, 0.5) is 0 Å². The number of nitrogens with one attached hydrogen (secondary N) is 2. The second-order valence-corrected chi connectivity index (χ2v) is 17.3. The molecule has 6 heteroatoms. The summed E-state index contributed by atoms with van der Waals surface area (Å²) >= 11 is 0. The Morgan fingerprint density at radius 1 is 0.636 bits per heavy atom. The normalized spacial score (nSPS) is 17.0. The molecule has 0 saturated heterocycles. The number of nitrogens with zero attached hydrogens (tertiary/aromatic N) is 2. The van der Waals surface area contributed by atoms with Crippen molar-refractivity contribution in [2.75, 3.05) is 0 Å². The first kappa shape index (κ1) is 40.1. The van der Waals surface area contributed by atoms with E-state index in [1.54, 1.807) is 0 Å². The topological polar surface area (TPSA) is 86.8 Å². The first-order valence-electron chi connectivity index (χ1n) is 20.9. The maximum atomic E-state index is 10.4. The smallest absolute Gasteiger partial charge is 0.127 e. The van der Waals surface area contributed by atoms with Crippen LogP contribution in [0, 0.1) is 38.5 Å². The standard InChI is InChI=1S/C29H50O2.C20H14N4/c1-20(2)12-9-13-21(3)14-10-15-22(4)16-11-18-29(8)19-17-26-25(7)27(30)23(5)24(6)28(26)31-29;1-2-14-10-16-5-6-18(23-16)12-20-8-7-19(24-20)11-17-4-3-15(22-17)9-13(1)21-14/h20-22,30H,9-19H2,1-8H3;1-12,21-22H/t21-,22?,29-;/m0./s1. The van der Waals surface area contributed by atoms with Crippen molar-refractivity contribution in [1.82, 2.24) is 19.9 Å².